The molecule has 1 unspecified atom stereocenters. The van der Waals surface area contributed by atoms with Gasteiger partial charge in [0.2, 0.25) is 11.8 Å². The lowest BCUT2D eigenvalue weighted by Gasteiger charge is -2.34. The topological polar surface area (TPSA) is 105 Å². The third kappa shape index (κ3) is 8.26. The van der Waals surface area contributed by atoms with Gasteiger partial charge in [0, 0.05) is 23.7 Å². The van der Waals surface area contributed by atoms with Crippen LogP contribution in [0.5, 0.6) is 11.5 Å². The summed E-state index contributed by atoms with van der Waals surface area (Å²) in [6.45, 7) is 1.11. The second-order valence-electron chi connectivity index (χ2n) is 10.9. The Hall–Kier alpha value is -3.83. The maximum absolute atomic E-state index is 14.3. The smallest absolute Gasteiger partial charge is 0.264 e. The van der Waals surface area contributed by atoms with Crippen molar-refractivity contribution in [1.29, 1.82) is 0 Å². The lowest BCUT2D eigenvalue weighted by atomic mass is 9.95. The van der Waals surface area contributed by atoms with E-state index in [9.17, 15) is 22.4 Å². The molecule has 3 aromatic carbocycles. The molecule has 1 saturated carbocycles. The molecule has 0 heterocycles. The van der Waals surface area contributed by atoms with Crippen LogP contribution in [0.3, 0.4) is 0 Å². The molecule has 0 spiro atoms. The summed E-state index contributed by atoms with van der Waals surface area (Å²) in [6.07, 6.45) is 5.17. The number of hydrogen-bond acceptors (Lipinski definition) is 6. The van der Waals surface area contributed by atoms with Gasteiger partial charge in [-0.1, -0.05) is 56.0 Å². The maximum atomic E-state index is 14.3. The van der Waals surface area contributed by atoms with Crippen LogP contribution in [0.2, 0.25) is 5.02 Å². The highest BCUT2D eigenvalue weighted by molar-refractivity contribution is 7.92. The van der Waals surface area contributed by atoms with Crippen LogP contribution in [0.1, 0.15) is 51.0 Å². The lowest BCUT2D eigenvalue weighted by Crippen LogP contribution is -2.54. The van der Waals surface area contributed by atoms with Crippen molar-refractivity contribution in [2.75, 3.05) is 25.1 Å². The van der Waals surface area contributed by atoms with Gasteiger partial charge in [-0.25, -0.2) is 12.8 Å². The first-order chi connectivity index (χ1) is 21.6. The van der Waals surface area contributed by atoms with E-state index in [2.05, 4.69) is 5.32 Å². The van der Waals surface area contributed by atoms with Gasteiger partial charge in [0.1, 0.15) is 18.4 Å². The second-order valence-corrected chi connectivity index (χ2v) is 13.2. The minimum absolute atomic E-state index is 0.0127. The van der Waals surface area contributed by atoms with Gasteiger partial charge < -0.3 is 19.7 Å². The Kier molecular flexibility index (Phi) is 11.7. The van der Waals surface area contributed by atoms with Gasteiger partial charge in [-0.3, -0.25) is 13.9 Å². The van der Waals surface area contributed by atoms with E-state index in [1.165, 1.54) is 49.5 Å². The van der Waals surface area contributed by atoms with Crippen molar-refractivity contribution in [3.63, 3.8) is 0 Å². The lowest BCUT2D eigenvalue weighted by molar-refractivity contribution is -0.140. The number of methoxy groups -OCH3 is 2. The number of hydrogen-bond donors (Lipinski definition) is 1. The molecular formula is C33H39ClFN3O6S. The Morgan fingerprint density at radius 1 is 0.978 bits per heavy atom. The summed E-state index contributed by atoms with van der Waals surface area (Å²) >= 11 is 6.48. The summed E-state index contributed by atoms with van der Waals surface area (Å²) in [5, 5.41) is 3.52. The van der Waals surface area contributed by atoms with Crippen LogP contribution in [0.15, 0.2) is 71.6 Å². The average molecular weight is 660 g/mol. The van der Waals surface area contributed by atoms with Crippen molar-refractivity contribution in [3.8, 4) is 11.5 Å². The Balaban J connectivity index is 1.74. The molecule has 1 aliphatic carbocycles. The van der Waals surface area contributed by atoms with Crippen molar-refractivity contribution >= 4 is 39.1 Å². The molecule has 9 nitrogen and oxygen atoms in total. The quantitative estimate of drug-likeness (QED) is 0.243. The molecule has 0 aromatic heterocycles. The van der Waals surface area contributed by atoms with E-state index in [4.69, 9.17) is 21.1 Å². The molecule has 242 valence electrons. The molecule has 12 heteroatoms. The van der Waals surface area contributed by atoms with Crippen LogP contribution in [-0.2, 0) is 26.2 Å². The third-order valence-electron chi connectivity index (χ3n) is 7.97. The van der Waals surface area contributed by atoms with Crippen LogP contribution in [-0.4, -0.2) is 58.0 Å². The molecule has 1 atom stereocenters. The number of amides is 2. The number of halogens is 2. The minimum Gasteiger partial charge on any atom is -0.493 e. The van der Waals surface area contributed by atoms with E-state index < -0.39 is 34.3 Å². The number of carbonyl (C=O) groups excluding carboxylic acids is 2. The largest absolute Gasteiger partial charge is 0.493 e. The Labute approximate surface area is 269 Å². The zero-order chi connectivity index (χ0) is 32.6. The summed E-state index contributed by atoms with van der Waals surface area (Å²) in [5.74, 6) is -1.01. The van der Waals surface area contributed by atoms with Gasteiger partial charge in [-0.15, -0.1) is 0 Å². The Morgan fingerprint density at radius 3 is 2.27 bits per heavy atom. The number of rotatable bonds is 13. The fraction of sp³-hybridized carbons (Fsp3) is 0.394. The van der Waals surface area contributed by atoms with E-state index in [0.717, 1.165) is 48.5 Å². The van der Waals surface area contributed by atoms with E-state index in [0.29, 0.717) is 16.3 Å². The van der Waals surface area contributed by atoms with E-state index in [1.807, 2.05) is 0 Å². The number of sulfonamides is 1. The molecule has 1 aliphatic rings. The maximum Gasteiger partial charge on any atom is 0.264 e. The van der Waals surface area contributed by atoms with Crippen LogP contribution in [0.25, 0.3) is 0 Å². The summed E-state index contributed by atoms with van der Waals surface area (Å²) < 4.78 is 53.7. The van der Waals surface area contributed by atoms with Gasteiger partial charge in [-0.05, 0) is 67.3 Å². The number of nitrogens with one attached hydrogen (secondary N) is 1. The molecule has 1 fully saturated rings. The van der Waals surface area contributed by atoms with E-state index in [-0.39, 0.29) is 41.2 Å². The fourth-order valence-electron chi connectivity index (χ4n) is 5.51. The highest BCUT2D eigenvalue weighted by atomic mass is 35.5. The predicted molar refractivity (Wildman–Crippen MR) is 172 cm³/mol. The zero-order valence-electron chi connectivity index (χ0n) is 25.7. The van der Waals surface area contributed by atoms with Crippen LogP contribution in [0, 0.1) is 5.82 Å². The number of ether oxygens (including phenoxy) is 2. The number of benzene rings is 3. The molecule has 2 amide bonds. The highest BCUT2D eigenvalue weighted by Crippen LogP contribution is 2.33. The van der Waals surface area contributed by atoms with Crippen molar-refractivity contribution in [2.45, 2.75) is 69.0 Å². The average Bonchev–Trinajstić information content (AvgIpc) is 3.04. The normalized spacial score (nSPS) is 14.3. The molecule has 0 bridgehead atoms. The van der Waals surface area contributed by atoms with Gasteiger partial charge in [0.15, 0.2) is 11.5 Å². The zero-order valence-corrected chi connectivity index (χ0v) is 27.2. The summed E-state index contributed by atoms with van der Waals surface area (Å²) in [6, 6.07) is 15.0. The minimum atomic E-state index is -4.41. The van der Waals surface area contributed by atoms with Gasteiger partial charge in [-0.2, -0.15) is 0 Å². The molecule has 1 N–H and O–H groups in total. The summed E-state index contributed by atoms with van der Waals surface area (Å²) in [7, 11) is -1.60. The standard InChI is InChI=1S/C33H39ClFN3O6S/c1-4-29(33(40)36-25-11-6-5-7-12-25)37(21-23-10-8-9-13-28(23)34)32(39)22-38(26-16-14-24(35)15-17-26)45(41,42)27-18-19-30(43-2)31(20-27)44-3/h8-10,13-20,25,29H,4-7,11-12,21-22H2,1-3H3,(H,36,40). The number of anilines is 1. The van der Waals surface area contributed by atoms with Gasteiger partial charge in [0.25, 0.3) is 10.0 Å². The van der Waals surface area contributed by atoms with E-state index in [1.54, 1.807) is 31.2 Å². The molecule has 3 aromatic rings. The molecule has 0 saturated heterocycles. The highest BCUT2D eigenvalue weighted by Gasteiger charge is 2.35. The monoisotopic (exact) mass is 659 g/mol. The summed E-state index contributed by atoms with van der Waals surface area (Å²) in [4.78, 5) is 29.2. The fourth-order valence-corrected chi connectivity index (χ4v) is 7.14. The second kappa shape index (κ2) is 15.4. The third-order valence-corrected chi connectivity index (χ3v) is 10.1. The van der Waals surface area contributed by atoms with Gasteiger partial charge in [0.05, 0.1) is 24.8 Å². The summed E-state index contributed by atoms with van der Waals surface area (Å²) in [5.41, 5.74) is 0.671. The van der Waals surface area contributed by atoms with Crippen LogP contribution >= 0.6 is 11.6 Å². The first-order valence-electron chi connectivity index (χ1n) is 14.9. The molecular weight excluding hydrogens is 621 g/mol. The van der Waals surface area contributed by atoms with Crippen molar-refractivity contribution in [1.82, 2.24) is 10.2 Å². The van der Waals surface area contributed by atoms with Crippen molar-refractivity contribution in [2.24, 2.45) is 0 Å². The first-order valence-corrected chi connectivity index (χ1v) is 16.7. The number of nitrogens with zero attached hydrogens (tertiary/aromatic N) is 2. The predicted octanol–water partition coefficient (Wildman–Crippen LogP) is 5.95. The molecule has 0 aliphatic heterocycles. The SMILES string of the molecule is CCC(C(=O)NC1CCCCC1)N(Cc1ccccc1Cl)C(=O)CN(c1ccc(F)cc1)S(=O)(=O)c1ccc(OC)c(OC)c1. The Morgan fingerprint density at radius 2 is 1.64 bits per heavy atom. The molecule has 4 rings (SSSR count). The van der Waals surface area contributed by atoms with Crippen molar-refractivity contribution in [3.05, 3.63) is 83.1 Å². The Bertz CT molecular complexity index is 1580. The number of carbonyl (C=O) groups is 2. The van der Waals surface area contributed by atoms with Crippen LogP contribution < -0.4 is 19.1 Å². The van der Waals surface area contributed by atoms with Crippen LogP contribution in [0.4, 0.5) is 10.1 Å². The van der Waals surface area contributed by atoms with E-state index >= 15 is 0 Å². The van der Waals surface area contributed by atoms with Crippen molar-refractivity contribution < 1.29 is 31.9 Å². The molecule has 45 heavy (non-hydrogen) atoms. The first kappa shape index (κ1) is 34.1. The van der Waals surface area contributed by atoms with Gasteiger partial charge >= 0.3 is 0 Å². The molecule has 0 radical (unpaired) electrons.